The number of carbonyl (C=O) groups excluding carboxylic acids is 2. The highest BCUT2D eigenvalue weighted by molar-refractivity contribution is 5.98. The summed E-state index contributed by atoms with van der Waals surface area (Å²) in [5.41, 5.74) is -1.24. The number of amides is 3. The Bertz CT molecular complexity index is 878. The highest BCUT2D eigenvalue weighted by atomic mass is 19.4. The molecule has 1 heterocycles. The Morgan fingerprint density at radius 2 is 2.07 bits per heavy atom. The average molecular weight is 427 g/mol. The number of nitrogens with zero attached hydrogens (tertiary/aromatic N) is 1. The van der Waals surface area contributed by atoms with Crippen molar-refractivity contribution in [2.45, 2.75) is 37.7 Å². The number of benzene rings is 1. The first kappa shape index (κ1) is 23.0. The molecule has 1 fully saturated rings. The third kappa shape index (κ3) is 5.64. The van der Waals surface area contributed by atoms with Gasteiger partial charge in [0.1, 0.15) is 12.1 Å². The van der Waals surface area contributed by atoms with Gasteiger partial charge in [0.25, 0.3) is 5.91 Å². The standard InChI is InChI=1S/C19H20F3N3O5/c1-2-4-15(26)14(10-23-18(29)30)25-8-7-13(17(25)28)24-16(27)11-5-3-6-12(9-11)19(20,21)22/h3,5-6,9,13-15,23,26H,7-8,10H2,1H3,(H,24,27)(H,29,30)/t13-,14-,15-/m0/s1. The van der Waals surface area contributed by atoms with Gasteiger partial charge in [0, 0.05) is 18.7 Å². The van der Waals surface area contributed by atoms with E-state index in [2.05, 4.69) is 22.5 Å². The van der Waals surface area contributed by atoms with E-state index in [1.807, 2.05) is 0 Å². The molecule has 2 rings (SSSR count). The van der Waals surface area contributed by atoms with Gasteiger partial charge in [-0.2, -0.15) is 13.2 Å². The second-order valence-electron chi connectivity index (χ2n) is 6.52. The van der Waals surface area contributed by atoms with Gasteiger partial charge in [-0.25, -0.2) is 4.79 Å². The molecule has 1 aliphatic heterocycles. The molecule has 1 aliphatic rings. The van der Waals surface area contributed by atoms with Gasteiger partial charge in [-0.1, -0.05) is 12.0 Å². The normalized spacial score (nSPS) is 18.2. The van der Waals surface area contributed by atoms with Crippen LogP contribution in [0.5, 0.6) is 0 Å². The highest BCUT2D eigenvalue weighted by Gasteiger charge is 2.39. The molecule has 0 unspecified atom stereocenters. The lowest BCUT2D eigenvalue weighted by molar-refractivity contribution is -0.137. The van der Waals surface area contributed by atoms with E-state index < -0.39 is 47.8 Å². The molecule has 11 heteroatoms. The smallest absolute Gasteiger partial charge is 0.416 e. The van der Waals surface area contributed by atoms with Crippen LogP contribution in [-0.4, -0.2) is 64.3 Å². The van der Waals surface area contributed by atoms with Gasteiger partial charge in [0.15, 0.2) is 0 Å². The van der Waals surface area contributed by atoms with Gasteiger partial charge in [-0.15, -0.1) is 5.92 Å². The van der Waals surface area contributed by atoms with Crippen LogP contribution in [0, 0.1) is 11.8 Å². The van der Waals surface area contributed by atoms with Crippen LogP contribution in [0.4, 0.5) is 18.0 Å². The van der Waals surface area contributed by atoms with Crippen molar-refractivity contribution in [3.8, 4) is 11.8 Å². The van der Waals surface area contributed by atoms with E-state index in [0.29, 0.717) is 6.07 Å². The maximum Gasteiger partial charge on any atom is 0.416 e. The molecule has 0 spiro atoms. The lowest BCUT2D eigenvalue weighted by atomic mass is 10.1. The first-order valence-corrected chi connectivity index (χ1v) is 8.90. The molecule has 162 valence electrons. The third-order valence-electron chi connectivity index (χ3n) is 4.52. The molecule has 3 amide bonds. The molecule has 1 aromatic rings. The van der Waals surface area contributed by atoms with Crippen molar-refractivity contribution in [1.29, 1.82) is 0 Å². The fourth-order valence-corrected chi connectivity index (χ4v) is 3.07. The maximum absolute atomic E-state index is 12.8. The number of carboxylic acid groups (broad SMARTS) is 1. The number of nitrogens with one attached hydrogen (secondary N) is 2. The average Bonchev–Trinajstić information content (AvgIpc) is 3.02. The fraction of sp³-hybridized carbons (Fsp3) is 0.421. The number of hydrogen-bond acceptors (Lipinski definition) is 4. The molecule has 0 saturated carbocycles. The minimum Gasteiger partial charge on any atom is -0.465 e. The van der Waals surface area contributed by atoms with Gasteiger partial charge in [-0.05, 0) is 31.5 Å². The van der Waals surface area contributed by atoms with E-state index in [9.17, 15) is 32.7 Å². The van der Waals surface area contributed by atoms with Crippen molar-refractivity contribution in [2.24, 2.45) is 0 Å². The molecule has 8 nitrogen and oxygen atoms in total. The maximum atomic E-state index is 12.8. The summed E-state index contributed by atoms with van der Waals surface area (Å²) in [6, 6.07) is 1.79. The zero-order chi connectivity index (χ0) is 22.5. The summed E-state index contributed by atoms with van der Waals surface area (Å²) in [5.74, 6) is 3.49. The number of hydrogen-bond donors (Lipinski definition) is 4. The van der Waals surface area contributed by atoms with E-state index in [1.54, 1.807) is 0 Å². The van der Waals surface area contributed by atoms with Gasteiger partial charge in [-0.3, -0.25) is 9.59 Å². The number of likely N-dealkylation sites (tertiary alicyclic amines) is 1. The lowest BCUT2D eigenvalue weighted by Crippen LogP contribution is -2.53. The molecule has 3 atom stereocenters. The van der Waals surface area contributed by atoms with Crippen molar-refractivity contribution in [3.63, 3.8) is 0 Å². The lowest BCUT2D eigenvalue weighted by Gasteiger charge is -2.29. The van der Waals surface area contributed by atoms with Crippen molar-refractivity contribution in [1.82, 2.24) is 15.5 Å². The van der Waals surface area contributed by atoms with Gasteiger partial charge < -0.3 is 25.7 Å². The van der Waals surface area contributed by atoms with Gasteiger partial charge >= 0.3 is 12.3 Å². The zero-order valence-corrected chi connectivity index (χ0v) is 15.9. The van der Waals surface area contributed by atoms with Crippen LogP contribution >= 0.6 is 0 Å². The molecule has 0 bridgehead atoms. The van der Waals surface area contributed by atoms with Gasteiger partial charge in [0.2, 0.25) is 5.91 Å². The van der Waals surface area contributed by atoms with E-state index >= 15 is 0 Å². The van der Waals surface area contributed by atoms with Crippen LogP contribution in [0.25, 0.3) is 0 Å². The Kier molecular flexibility index (Phi) is 7.28. The van der Waals surface area contributed by atoms with E-state index in [-0.39, 0.29) is 25.1 Å². The molecule has 0 radical (unpaired) electrons. The van der Waals surface area contributed by atoms with Crippen molar-refractivity contribution in [3.05, 3.63) is 35.4 Å². The predicted octanol–water partition coefficient (Wildman–Crippen LogP) is 1.06. The third-order valence-corrected chi connectivity index (χ3v) is 4.52. The summed E-state index contributed by atoms with van der Waals surface area (Å²) in [4.78, 5) is 37.0. The van der Waals surface area contributed by atoms with Crippen molar-refractivity contribution < 1.29 is 37.8 Å². The summed E-state index contributed by atoms with van der Waals surface area (Å²) < 4.78 is 38.5. The molecule has 4 N–H and O–H groups in total. The number of aliphatic hydroxyl groups excluding tert-OH is 1. The SMILES string of the molecule is CC#C[C@H](O)[C@H](CNC(=O)O)N1CC[C@H](NC(=O)c2cccc(C(F)(F)F)c2)C1=O. The summed E-state index contributed by atoms with van der Waals surface area (Å²) in [6.45, 7) is 1.28. The highest BCUT2D eigenvalue weighted by Crippen LogP contribution is 2.29. The van der Waals surface area contributed by atoms with E-state index in [1.165, 1.54) is 17.9 Å². The predicted molar refractivity (Wildman–Crippen MR) is 98.3 cm³/mol. The van der Waals surface area contributed by atoms with Crippen LogP contribution in [0.2, 0.25) is 0 Å². The Morgan fingerprint density at radius 3 is 2.67 bits per heavy atom. The fourth-order valence-electron chi connectivity index (χ4n) is 3.07. The number of rotatable bonds is 6. The molecular formula is C19H20F3N3O5. The van der Waals surface area contributed by atoms with E-state index in [0.717, 1.165) is 12.1 Å². The van der Waals surface area contributed by atoms with Crippen molar-refractivity contribution in [2.75, 3.05) is 13.1 Å². The first-order valence-electron chi connectivity index (χ1n) is 8.90. The zero-order valence-electron chi connectivity index (χ0n) is 15.9. The molecular weight excluding hydrogens is 407 g/mol. The number of carbonyl (C=O) groups is 3. The summed E-state index contributed by atoms with van der Waals surface area (Å²) >= 11 is 0. The molecule has 0 aromatic heterocycles. The van der Waals surface area contributed by atoms with Crippen LogP contribution in [0.15, 0.2) is 24.3 Å². The Labute approximate surface area is 170 Å². The molecule has 1 aromatic carbocycles. The Hall–Kier alpha value is -3.26. The van der Waals surface area contributed by atoms with E-state index in [4.69, 9.17) is 5.11 Å². The van der Waals surface area contributed by atoms with Crippen LogP contribution < -0.4 is 10.6 Å². The van der Waals surface area contributed by atoms with Crippen molar-refractivity contribution >= 4 is 17.9 Å². The molecule has 1 saturated heterocycles. The summed E-state index contributed by atoms with van der Waals surface area (Å²) in [5, 5.41) is 23.4. The van der Waals surface area contributed by atoms with Gasteiger partial charge in [0.05, 0.1) is 11.6 Å². The number of alkyl halides is 3. The molecule has 30 heavy (non-hydrogen) atoms. The number of halogens is 3. The minimum atomic E-state index is -4.61. The topological polar surface area (TPSA) is 119 Å². The second-order valence-corrected chi connectivity index (χ2v) is 6.52. The minimum absolute atomic E-state index is 0.0980. The first-order chi connectivity index (χ1) is 14.0. The monoisotopic (exact) mass is 427 g/mol. The molecule has 0 aliphatic carbocycles. The number of aliphatic hydroxyl groups is 1. The van der Waals surface area contributed by atoms with Crippen LogP contribution in [0.3, 0.4) is 0 Å². The van der Waals surface area contributed by atoms with Crippen LogP contribution in [-0.2, 0) is 11.0 Å². The Morgan fingerprint density at radius 1 is 1.37 bits per heavy atom. The second kappa shape index (κ2) is 9.49. The summed E-state index contributed by atoms with van der Waals surface area (Å²) in [6.07, 6.45) is -7.15. The quantitative estimate of drug-likeness (QED) is 0.506. The largest absolute Gasteiger partial charge is 0.465 e. The van der Waals surface area contributed by atoms with Crippen LogP contribution in [0.1, 0.15) is 29.3 Å². The summed E-state index contributed by atoms with van der Waals surface area (Å²) in [7, 11) is 0. The Balaban J connectivity index is 2.12.